The molecule has 7 nitrogen and oxygen atoms in total. The van der Waals surface area contributed by atoms with E-state index in [2.05, 4.69) is 5.32 Å². The number of carboxylic acid groups (broad SMARTS) is 1. The molecule has 1 aromatic carbocycles. The Morgan fingerprint density at radius 2 is 1.96 bits per heavy atom. The van der Waals surface area contributed by atoms with Crippen LogP contribution in [0, 0.1) is 0 Å². The fourth-order valence-corrected chi connectivity index (χ4v) is 2.71. The maximum Gasteiger partial charge on any atom is 0.341 e. The summed E-state index contributed by atoms with van der Waals surface area (Å²) in [7, 11) is 0. The van der Waals surface area contributed by atoms with Crippen LogP contribution in [0.4, 0.5) is 5.69 Å². The third kappa shape index (κ3) is 4.71. The van der Waals surface area contributed by atoms with Gasteiger partial charge in [0.25, 0.3) is 0 Å². The van der Waals surface area contributed by atoms with Gasteiger partial charge in [0.2, 0.25) is 11.8 Å². The number of likely N-dealkylation sites (tertiary alicyclic amines) is 1. The Kier molecular flexibility index (Phi) is 6.17. The number of piperidine rings is 1. The van der Waals surface area contributed by atoms with Crippen LogP contribution < -0.4 is 10.1 Å². The molecular weight excluding hydrogens is 312 g/mol. The maximum atomic E-state index is 12.5. The minimum atomic E-state index is -1.05. The molecule has 1 unspecified atom stereocenters. The summed E-state index contributed by atoms with van der Waals surface area (Å²) < 4.78 is 5.04. The van der Waals surface area contributed by atoms with E-state index >= 15 is 0 Å². The van der Waals surface area contributed by atoms with Crippen molar-refractivity contribution in [2.75, 3.05) is 18.5 Å². The third-order valence-electron chi connectivity index (χ3n) is 3.91. The second-order valence-electron chi connectivity index (χ2n) is 5.65. The fourth-order valence-electron chi connectivity index (χ4n) is 2.71. The summed E-state index contributed by atoms with van der Waals surface area (Å²) in [6.07, 6.45) is 2.90. The van der Waals surface area contributed by atoms with Crippen LogP contribution in [0.2, 0.25) is 0 Å². The van der Waals surface area contributed by atoms with Crippen LogP contribution in [0.5, 0.6) is 5.75 Å². The smallest absolute Gasteiger partial charge is 0.341 e. The number of ether oxygens (including phenoxy) is 1. The molecule has 0 aromatic heterocycles. The van der Waals surface area contributed by atoms with Gasteiger partial charge in [0.1, 0.15) is 11.8 Å². The highest BCUT2D eigenvalue weighted by Crippen LogP contribution is 2.21. The number of aliphatic carboxylic acids is 1. The fraction of sp³-hybridized carbons (Fsp3) is 0.471. The largest absolute Gasteiger partial charge is 0.482 e. The van der Waals surface area contributed by atoms with Crippen molar-refractivity contribution in [2.45, 2.75) is 38.6 Å². The summed E-state index contributed by atoms with van der Waals surface area (Å²) in [4.78, 5) is 36.6. The molecule has 1 saturated heterocycles. The molecule has 7 heteroatoms. The average Bonchev–Trinajstić information content (AvgIpc) is 2.60. The first kappa shape index (κ1) is 17.8. The highest BCUT2D eigenvalue weighted by molar-refractivity contribution is 5.97. The summed E-state index contributed by atoms with van der Waals surface area (Å²) in [5.74, 6) is -0.843. The second-order valence-corrected chi connectivity index (χ2v) is 5.65. The first-order chi connectivity index (χ1) is 11.5. The molecular formula is C17H22N2O5. The number of carbonyl (C=O) groups is 3. The molecule has 1 heterocycles. The lowest BCUT2D eigenvalue weighted by Crippen LogP contribution is -2.49. The minimum Gasteiger partial charge on any atom is -0.482 e. The van der Waals surface area contributed by atoms with E-state index in [1.54, 1.807) is 36.1 Å². The molecule has 2 N–H and O–H groups in total. The lowest BCUT2D eigenvalue weighted by molar-refractivity contribution is -0.140. The number of nitrogens with zero attached hydrogens (tertiary/aromatic N) is 1. The first-order valence-electron chi connectivity index (χ1n) is 8.06. The van der Waals surface area contributed by atoms with Crippen LogP contribution in [0.1, 0.15) is 32.6 Å². The van der Waals surface area contributed by atoms with E-state index in [1.807, 2.05) is 0 Å². The molecule has 130 valence electrons. The van der Waals surface area contributed by atoms with Crippen molar-refractivity contribution in [3.63, 3.8) is 0 Å². The van der Waals surface area contributed by atoms with Gasteiger partial charge in [0.05, 0.1) is 0 Å². The van der Waals surface area contributed by atoms with Gasteiger partial charge >= 0.3 is 5.97 Å². The zero-order valence-corrected chi connectivity index (χ0v) is 13.7. The molecule has 1 aromatic rings. The molecule has 0 spiro atoms. The Bertz CT molecular complexity index is 600. The molecule has 1 aliphatic rings. The van der Waals surface area contributed by atoms with E-state index in [4.69, 9.17) is 9.84 Å². The van der Waals surface area contributed by atoms with Crippen LogP contribution in [0.15, 0.2) is 24.3 Å². The number of carbonyl (C=O) groups excluding carboxylic acids is 2. The highest BCUT2D eigenvalue weighted by atomic mass is 16.5. The lowest BCUT2D eigenvalue weighted by Gasteiger charge is -2.34. The standard InChI is InChI=1S/C17H22N2O5/c1-2-15(20)19-10-4-3-5-14(19)17(23)18-12-6-8-13(9-7-12)24-11-16(21)22/h6-9,14H,2-5,10-11H2,1H3,(H,18,23)(H,21,22). The van der Waals surface area contributed by atoms with Gasteiger partial charge in [0.15, 0.2) is 6.61 Å². The molecule has 0 radical (unpaired) electrons. The minimum absolute atomic E-state index is 0.00716. The summed E-state index contributed by atoms with van der Waals surface area (Å²) >= 11 is 0. The van der Waals surface area contributed by atoms with E-state index in [0.717, 1.165) is 12.8 Å². The van der Waals surface area contributed by atoms with E-state index in [1.165, 1.54) is 0 Å². The number of rotatable bonds is 6. The van der Waals surface area contributed by atoms with Crippen LogP contribution in [-0.4, -0.2) is 47.0 Å². The molecule has 1 fully saturated rings. The van der Waals surface area contributed by atoms with Crippen molar-refractivity contribution in [1.29, 1.82) is 0 Å². The maximum absolute atomic E-state index is 12.5. The molecule has 2 rings (SSSR count). The topological polar surface area (TPSA) is 95.9 Å². The molecule has 1 aliphatic heterocycles. The van der Waals surface area contributed by atoms with E-state index in [9.17, 15) is 14.4 Å². The lowest BCUT2D eigenvalue weighted by atomic mass is 10.0. The number of hydrogen-bond acceptors (Lipinski definition) is 4. The van der Waals surface area contributed by atoms with E-state index in [-0.39, 0.29) is 11.8 Å². The SMILES string of the molecule is CCC(=O)N1CCCCC1C(=O)Nc1ccc(OCC(=O)O)cc1. The van der Waals surface area contributed by atoms with Gasteiger partial charge in [-0.2, -0.15) is 0 Å². The highest BCUT2D eigenvalue weighted by Gasteiger charge is 2.31. The third-order valence-corrected chi connectivity index (χ3v) is 3.91. The molecule has 0 aliphatic carbocycles. The van der Waals surface area contributed by atoms with Crippen LogP contribution in [-0.2, 0) is 14.4 Å². The second kappa shape index (κ2) is 8.33. The zero-order chi connectivity index (χ0) is 17.5. The Balaban J connectivity index is 1.97. The summed E-state index contributed by atoms with van der Waals surface area (Å²) in [5, 5.41) is 11.4. The number of benzene rings is 1. The normalized spacial score (nSPS) is 17.2. The monoisotopic (exact) mass is 334 g/mol. The van der Waals surface area contributed by atoms with Gasteiger partial charge in [-0.25, -0.2) is 4.79 Å². The molecule has 1 atom stereocenters. The van der Waals surface area contributed by atoms with Gasteiger partial charge in [-0.05, 0) is 43.5 Å². The summed E-state index contributed by atoms with van der Waals surface area (Å²) in [5.41, 5.74) is 0.581. The van der Waals surface area contributed by atoms with E-state index in [0.29, 0.717) is 30.8 Å². The Morgan fingerprint density at radius 1 is 1.25 bits per heavy atom. The Hall–Kier alpha value is -2.57. The average molecular weight is 334 g/mol. The molecule has 0 saturated carbocycles. The van der Waals surface area contributed by atoms with Gasteiger partial charge in [-0.15, -0.1) is 0 Å². The summed E-state index contributed by atoms with van der Waals surface area (Å²) in [6, 6.07) is 6.03. The first-order valence-corrected chi connectivity index (χ1v) is 8.06. The number of carboxylic acids is 1. The number of amides is 2. The van der Waals surface area contributed by atoms with Crippen molar-refractivity contribution in [1.82, 2.24) is 4.90 Å². The Morgan fingerprint density at radius 3 is 2.58 bits per heavy atom. The number of anilines is 1. The summed E-state index contributed by atoms with van der Waals surface area (Å²) in [6.45, 7) is 2.00. The van der Waals surface area contributed by atoms with Crippen molar-refractivity contribution >= 4 is 23.5 Å². The Labute approximate surface area is 140 Å². The van der Waals surface area contributed by atoms with Crippen molar-refractivity contribution in [3.8, 4) is 5.75 Å². The van der Waals surface area contributed by atoms with Gasteiger partial charge < -0.3 is 20.1 Å². The molecule has 0 bridgehead atoms. The van der Waals surface area contributed by atoms with Crippen molar-refractivity contribution in [2.24, 2.45) is 0 Å². The number of hydrogen-bond donors (Lipinski definition) is 2. The van der Waals surface area contributed by atoms with Crippen LogP contribution in [0.25, 0.3) is 0 Å². The van der Waals surface area contributed by atoms with Gasteiger partial charge in [-0.3, -0.25) is 9.59 Å². The van der Waals surface area contributed by atoms with Crippen molar-refractivity contribution in [3.05, 3.63) is 24.3 Å². The van der Waals surface area contributed by atoms with Gasteiger partial charge in [-0.1, -0.05) is 6.92 Å². The quantitative estimate of drug-likeness (QED) is 0.828. The van der Waals surface area contributed by atoms with E-state index < -0.39 is 18.6 Å². The van der Waals surface area contributed by atoms with Crippen molar-refractivity contribution < 1.29 is 24.2 Å². The zero-order valence-electron chi connectivity index (χ0n) is 13.7. The molecule has 2 amide bonds. The van der Waals surface area contributed by atoms with Gasteiger partial charge in [0, 0.05) is 18.7 Å². The predicted molar refractivity (Wildman–Crippen MR) is 87.8 cm³/mol. The predicted octanol–water partition coefficient (Wildman–Crippen LogP) is 1.88. The molecule has 24 heavy (non-hydrogen) atoms. The number of nitrogens with one attached hydrogen (secondary N) is 1. The van der Waals surface area contributed by atoms with Crippen LogP contribution >= 0.6 is 0 Å². The van der Waals surface area contributed by atoms with Crippen LogP contribution in [0.3, 0.4) is 0 Å².